The van der Waals surface area contributed by atoms with Crippen LogP contribution in [0, 0.1) is 6.92 Å². The van der Waals surface area contributed by atoms with Gasteiger partial charge in [-0.2, -0.15) is 0 Å². The summed E-state index contributed by atoms with van der Waals surface area (Å²) in [5.41, 5.74) is 3.10. The number of fused-ring (bicyclic) bond motifs is 1. The van der Waals surface area contributed by atoms with E-state index in [1.807, 2.05) is 31.3 Å². The van der Waals surface area contributed by atoms with Crippen LogP contribution in [0.5, 0.6) is 0 Å². The lowest BCUT2D eigenvalue weighted by atomic mass is 10.1. The lowest BCUT2D eigenvalue weighted by molar-refractivity contribution is -0.125. The summed E-state index contributed by atoms with van der Waals surface area (Å²) >= 11 is 0. The van der Waals surface area contributed by atoms with Crippen LogP contribution in [0.25, 0.3) is 10.9 Å². The van der Waals surface area contributed by atoms with Crippen molar-refractivity contribution in [3.05, 3.63) is 35.5 Å². The standard InChI is InChI=1S/C14H17N3O2/c1-9-4-3-5-11-14(9)10(7-16-11)6-12(18)17-8-13(19)15-2/h3-5,7,16H,6,8H2,1-2H3,(H,15,19)(H,17,18). The van der Waals surface area contributed by atoms with Crippen LogP contribution in [0.3, 0.4) is 0 Å². The number of aromatic amines is 1. The molecule has 3 N–H and O–H groups in total. The van der Waals surface area contributed by atoms with E-state index in [2.05, 4.69) is 15.6 Å². The molecule has 19 heavy (non-hydrogen) atoms. The van der Waals surface area contributed by atoms with Crippen LogP contribution < -0.4 is 10.6 Å². The maximum atomic E-state index is 11.8. The first-order valence-corrected chi connectivity index (χ1v) is 6.14. The Bertz CT molecular complexity index is 616. The average Bonchev–Trinajstić information content (AvgIpc) is 2.80. The number of amides is 2. The van der Waals surface area contributed by atoms with Crippen LogP contribution in [0.15, 0.2) is 24.4 Å². The van der Waals surface area contributed by atoms with Gasteiger partial charge in [0.25, 0.3) is 0 Å². The topological polar surface area (TPSA) is 74.0 Å². The quantitative estimate of drug-likeness (QED) is 0.762. The van der Waals surface area contributed by atoms with Crippen LogP contribution >= 0.6 is 0 Å². The Balaban J connectivity index is 2.09. The summed E-state index contributed by atoms with van der Waals surface area (Å²) in [6.07, 6.45) is 2.11. The molecular formula is C14H17N3O2. The van der Waals surface area contributed by atoms with E-state index in [-0.39, 0.29) is 24.8 Å². The van der Waals surface area contributed by atoms with E-state index in [9.17, 15) is 9.59 Å². The molecule has 0 spiro atoms. The van der Waals surface area contributed by atoms with Gasteiger partial charge in [-0.15, -0.1) is 0 Å². The van der Waals surface area contributed by atoms with Crippen molar-refractivity contribution in [3.63, 3.8) is 0 Å². The van der Waals surface area contributed by atoms with Gasteiger partial charge in [-0.3, -0.25) is 9.59 Å². The van der Waals surface area contributed by atoms with Gasteiger partial charge in [0.2, 0.25) is 11.8 Å². The summed E-state index contributed by atoms with van der Waals surface area (Å²) < 4.78 is 0. The Hall–Kier alpha value is -2.30. The Kier molecular flexibility index (Phi) is 3.85. The molecule has 5 heteroatoms. The maximum Gasteiger partial charge on any atom is 0.239 e. The van der Waals surface area contributed by atoms with Crippen LogP contribution in [0.2, 0.25) is 0 Å². The number of likely N-dealkylation sites (N-methyl/N-ethyl adjacent to an activating group) is 1. The summed E-state index contributed by atoms with van der Waals surface area (Å²) in [5.74, 6) is -0.365. The number of rotatable bonds is 4. The third-order valence-corrected chi connectivity index (χ3v) is 3.07. The van der Waals surface area contributed by atoms with Crippen molar-refractivity contribution in [3.8, 4) is 0 Å². The molecule has 5 nitrogen and oxygen atoms in total. The van der Waals surface area contributed by atoms with E-state index < -0.39 is 0 Å². The highest BCUT2D eigenvalue weighted by molar-refractivity contribution is 5.92. The number of nitrogens with one attached hydrogen (secondary N) is 3. The summed E-state index contributed by atoms with van der Waals surface area (Å²) in [7, 11) is 1.54. The van der Waals surface area contributed by atoms with E-state index in [0.717, 1.165) is 22.0 Å². The third-order valence-electron chi connectivity index (χ3n) is 3.07. The molecule has 0 aliphatic carbocycles. The molecular weight excluding hydrogens is 242 g/mol. The Morgan fingerprint density at radius 3 is 2.79 bits per heavy atom. The van der Waals surface area contributed by atoms with Crippen molar-refractivity contribution < 1.29 is 9.59 Å². The highest BCUT2D eigenvalue weighted by atomic mass is 16.2. The van der Waals surface area contributed by atoms with Crippen LogP contribution in [-0.2, 0) is 16.0 Å². The maximum absolute atomic E-state index is 11.8. The molecule has 2 amide bonds. The van der Waals surface area contributed by atoms with Gasteiger partial charge < -0.3 is 15.6 Å². The van der Waals surface area contributed by atoms with E-state index >= 15 is 0 Å². The normalized spacial score (nSPS) is 10.4. The Morgan fingerprint density at radius 2 is 2.05 bits per heavy atom. The molecule has 0 saturated carbocycles. The molecule has 2 rings (SSSR count). The van der Waals surface area contributed by atoms with Crippen molar-refractivity contribution in [1.82, 2.24) is 15.6 Å². The Morgan fingerprint density at radius 1 is 1.26 bits per heavy atom. The third kappa shape index (κ3) is 2.93. The van der Waals surface area contributed by atoms with Gasteiger partial charge in [0.15, 0.2) is 0 Å². The highest BCUT2D eigenvalue weighted by Crippen LogP contribution is 2.22. The fourth-order valence-corrected chi connectivity index (χ4v) is 2.09. The zero-order chi connectivity index (χ0) is 13.8. The van der Waals surface area contributed by atoms with Gasteiger partial charge in [0.05, 0.1) is 13.0 Å². The van der Waals surface area contributed by atoms with Gasteiger partial charge >= 0.3 is 0 Å². The fraction of sp³-hybridized carbons (Fsp3) is 0.286. The fourth-order valence-electron chi connectivity index (χ4n) is 2.09. The van der Waals surface area contributed by atoms with Crippen LogP contribution in [0.4, 0.5) is 0 Å². The molecule has 0 fully saturated rings. The van der Waals surface area contributed by atoms with Crippen molar-refractivity contribution >= 4 is 22.7 Å². The molecule has 1 aromatic carbocycles. The molecule has 1 aromatic heterocycles. The minimum atomic E-state index is -0.205. The van der Waals surface area contributed by atoms with Crippen LogP contribution in [0.1, 0.15) is 11.1 Å². The zero-order valence-electron chi connectivity index (χ0n) is 11.0. The average molecular weight is 259 g/mol. The predicted octanol–water partition coefficient (Wildman–Crippen LogP) is 0.881. The summed E-state index contributed by atoms with van der Waals surface area (Å²) in [4.78, 5) is 26.0. The highest BCUT2D eigenvalue weighted by Gasteiger charge is 2.10. The van der Waals surface area contributed by atoms with Gasteiger partial charge in [-0.05, 0) is 24.1 Å². The molecule has 1 heterocycles. The first kappa shape index (κ1) is 13.1. The molecule has 0 aliphatic rings. The number of hydrogen-bond donors (Lipinski definition) is 3. The number of carbonyl (C=O) groups excluding carboxylic acids is 2. The molecule has 2 aromatic rings. The lowest BCUT2D eigenvalue weighted by Crippen LogP contribution is -2.35. The molecule has 0 atom stereocenters. The van der Waals surface area contributed by atoms with Crippen molar-refractivity contribution in [2.45, 2.75) is 13.3 Å². The summed E-state index contributed by atoms with van der Waals surface area (Å²) in [6, 6.07) is 5.97. The van der Waals surface area contributed by atoms with E-state index in [4.69, 9.17) is 0 Å². The van der Waals surface area contributed by atoms with E-state index in [1.54, 1.807) is 0 Å². The van der Waals surface area contributed by atoms with E-state index in [0.29, 0.717) is 0 Å². The first-order chi connectivity index (χ1) is 9.11. The largest absolute Gasteiger partial charge is 0.361 e. The molecule has 0 unspecified atom stereocenters. The van der Waals surface area contributed by atoms with Crippen molar-refractivity contribution in [2.24, 2.45) is 0 Å². The number of benzene rings is 1. The van der Waals surface area contributed by atoms with Crippen LogP contribution in [-0.4, -0.2) is 30.4 Å². The minimum Gasteiger partial charge on any atom is -0.361 e. The van der Waals surface area contributed by atoms with Crippen molar-refractivity contribution in [1.29, 1.82) is 0 Å². The van der Waals surface area contributed by atoms with Gasteiger partial charge in [-0.1, -0.05) is 12.1 Å². The van der Waals surface area contributed by atoms with Gasteiger partial charge in [0, 0.05) is 24.1 Å². The number of H-pyrrole nitrogens is 1. The number of aryl methyl sites for hydroxylation is 1. The molecule has 100 valence electrons. The monoisotopic (exact) mass is 259 g/mol. The van der Waals surface area contributed by atoms with Crippen molar-refractivity contribution in [2.75, 3.05) is 13.6 Å². The molecule has 0 aliphatic heterocycles. The second-order valence-corrected chi connectivity index (χ2v) is 4.44. The molecule has 0 radical (unpaired) electrons. The summed E-state index contributed by atoms with van der Waals surface area (Å²) in [5, 5.41) is 6.13. The summed E-state index contributed by atoms with van der Waals surface area (Å²) in [6.45, 7) is 2.03. The number of carbonyl (C=O) groups is 2. The second-order valence-electron chi connectivity index (χ2n) is 4.44. The molecule has 0 saturated heterocycles. The minimum absolute atomic E-state index is 0.0106. The SMILES string of the molecule is CNC(=O)CNC(=O)Cc1c[nH]c2cccc(C)c12. The number of hydrogen-bond acceptors (Lipinski definition) is 2. The first-order valence-electron chi connectivity index (χ1n) is 6.14. The molecule has 0 bridgehead atoms. The predicted molar refractivity (Wildman–Crippen MR) is 73.8 cm³/mol. The van der Waals surface area contributed by atoms with Gasteiger partial charge in [-0.25, -0.2) is 0 Å². The lowest BCUT2D eigenvalue weighted by Gasteiger charge is -2.04. The smallest absolute Gasteiger partial charge is 0.239 e. The number of aromatic nitrogens is 1. The van der Waals surface area contributed by atoms with E-state index in [1.165, 1.54) is 7.05 Å². The Labute approximate surface area is 111 Å². The van der Waals surface area contributed by atoms with Gasteiger partial charge in [0.1, 0.15) is 0 Å². The zero-order valence-corrected chi connectivity index (χ0v) is 11.0. The second kappa shape index (κ2) is 5.56.